The van der Waals surface area contributed by atoms with Crippen LogP contribution < -0.4 is 5.32 Å². The summed E-state index contributed by atoms with van der Waals surface area (Å²) in [5, 5.41) is 10.2. The summed E-state index contributed by atoms with van der Waals surface area (Å²) in [6.45, 7) is 5.04. The number of rotatable bonds is 5. The van der Waals surface area contributed by atoms with E-state index in [1.165, 1.54) is 0 Å². The van der Waals surface area contributed by atoms with E-state index in [-0.39, 0.29) is 5.91 Å². The molecule has 1 heterocycles. The highest BCUT2D eigenvalue weighted by molar-refractivity contribution is 5.91. The molecule has 0 aliphatic rings. The van der Waals surface area contributed by atoms with Crippen molar-refractivity contribution in [3.63, 3.8) is 0 Å². The Kier molecular flexibility index (Phi) is 4.74. The highest BCUT2D eigenvalue weighted by Crippen LogP contribution is 2.02. The van der Waals surface area contributed by atoms with Gasteiger partial charge in [-0.2, -0.15) is 5.10 Å². The first-order chi connectivity index (χ1) is 7.20. The predicted molar refractivity (Wildman–Crippen MR) is 58.4 cm³/mol. The maximum Gasteiger partial charge on any atom is 0.271 e. The van der Waals surface area contributed by atoms with E-state index in [2.05, 4.69) is 29.4 Å². The van der Waals surface area contributed by atoms with Gasteiger partial charge in [-0.1, -0.05) is 13.8 Å². The third-order valence-corrected chi connectivity index (χ3v) is 2.05. The van der Waals surface area contributed by atoms with Crippen molar-refractivity contribution >= 4 is 5.91 Å². The number of nitrogens with one attached hydrogen (secondary N) is 1. The lowest BCUT2D eigenvalue weighted by molar-refractivity contribution is 0.0946. The summed E-state index contributed by atoms with van der Waals surface area (Å²) < 4.78 is 0. The maximum atomic E-state index is 11.5. The van der Waals surface area contributed by atoms with E-state index >= 15 is 0 Å². The first-order valence-corrected chi connectivity index (χ1v) is 5.26. The SMILES string of the molecule is CC(C)CCCNC(=O)c1cccnn1. The normalized spacial score (nSPS) is 10.3. The fraction of sp³-hybridized carbons (Fsp3) is 0.545. The van der Waals surface area contributed by atoms with Crippen LogP contribution in [0.1, 0.15) is 37.2 Å². The topological polar surface area (TPSA) is 54.9 Å². The molecule has 82 valence electrons. The Hall–Kier alpha value is -1.45. The van der Waals surface area contributed by atoms with E-state index < -0.39 is 0 Å². The van der Waals surface area contributed by atoms with Crippen LogP contribution in [0, 0.1) is 5.92 Å². The second-order valence-electron chi connectivity index (χ2n) is 3.90. The Morgan fingerprint density at radius 3 is 2.93 bits per heavy atom. The summed E-state index contributed by atoms with van der Waals surface area (Å²) in [6.07, 6.45) is 3.68. The molecule has 15 heavy (non-hydrogen) atoms. The molecule has 4 heteroatoms. The summed E-state index contributed by atoms with van der Waals surface area (Å²) in [5.41, 5.74) is 0.377. The third-order valence-electron chi connectivity index (χ3n) is 2.05. The number of carbonyl (C=O) groups is 1. The standard InChI is InChI=1S/C11H17N3O/c1-9(2)5-3-7-12-11(15)10-6-4-8-13-14-10/h4,6,8-9H,3,5,7H2,1-2H3,(H,12,15). The molecule has 0 saturated carbocycles. The van der Waals surface area contributed by atoms with Gasteiger partial charge in [0.05, 0.1) is 0 Å². The molecule has 0 aliphatic heterocycles. The molecule has 4 nitrogen and oxygen atoms in total. The van der Waals surface area contributed by atoms with Gasteiger partial charge in [0.1, 0.15) is 0 Å². The van der Waals surface area contributed by atoms with Gasteiger partial charge >= 0.3 is 0 Å². The molecule has 1 rings (SSSR count). The lowest BCUT2D eigenvalue weighted by Gasteiger charge is -2.05. The number of carbonyl (C=O) groups excluding carboxylic acids is 1. The monoisotopic (exact) mass is 207 g/mol. The van der Waals surface area contributed by atoms with Gasteiger partial charge in [0.15, 0.2) is 5.69 Å². The minimum absolute atomic E-state index is 0.146. The number of amides is 1. The van der Waals surface area contributed by atoms with Crippen molar-refractivity contribution in [2.24, 2.45) is 5.92 Å². The van der Waals surface area contributed by atoms with Gasteiger partial charge in [0.25, 0.3) is 5.91 Å². The van der Waals surface area contributed by atoms with Crippen LogP contribution in [0.25, 0.3) is 0 Å². The van der Waals surface area contributed by atoms with Crippen LogP contribution in [0.15, 0.2) is 18.3 Å². The Morgan fingerprint density at radius 1 is 1.53 bits per heavy atom. The van der Waals surface area contributed by atoms with Gasteiger partial charge in [-0.15, -0.1) is 5.10 Å². The van der Waals surface area contributed by atoms with Gasteiger partial charge in [0, 0.05) is 12.7 Å². The first-order valence-electron chi connectivity index (χ1n) is 5.26. The average molecular weight is 207 g/mol. The van der Waals surface area contributed by atoms with Crippen LogP contribution in [0.5, 0.6) is 0 Å². The second kappa shape index (κ2) is 6.11. The van der Waals surface area contributed by atoms with E-state index in [9.17, 15) is 4.79 Å². The number of hydrogen-bond donors (Lipinski definition) is 1. The molecule has 1 N–H and O–H groups in total. The van der Waals surface area contributed by atoms with E-state index in [0.717, 1.165) is 12.8 Å². The maximum absolute atomic E-state index is 11.5. The fourth-order valence-corrected chi connectivity index (χ4v) is 1.23. The van der Waals surface area contributed by atoms with Gasteiger partial charge < -0.3 is 5.32 Å². The third kappa shape index (κ3) is 4.54. The molecule has 0 radical (unpaired) electrons. The molecule has 0 atom stereocenters. The summed E-state index contributed by atoms with van der Waals surface area (Å²) in [5.74, 6) is 0.533. The molecule has 0 fully saturated rings. The zero-order valence-corrected chi connectivity index (χ0v) is 9.23. The smallest absolute Gasteiger partial charge is 0.271 e. The minimum atomic E-state index is -0.146. The second-order valence-corrected chi connectivity index (χ2v) is 3.90. The van der Waals surface area contributed by atoms with Crippen molar-refractivity contribution in [2.75, 3.05) is 6.54 Å². The van der Waals surface area contributed by atoms with Gasteiger partial charge in [0.2, 0.25) is 0 Å². The summed E-state index contributed by atoms with van der Waals surface area (Å²) in [4.78, 5) is 11.5. The molecule has 0 saturated heterocycles. The van der Waals surface area contributed by atoms with E-state index in [1.54, 1.807) is 18.3 Å². The van der Waals surface area contributed by atoms with Crippen LogP contribution in [0.4, 0.5) is 0 Å². The molecule has 1 aromatic heterocycles. The van der Waals surface area contributed by atoms with Crippen molar-refractivity contribution in [1.82, 2.24) is 15.5 Å². The Labute approximate surface area is 90.1 Å². The molecular weight excluding hydrogens is 190 g/mol. The van der Waals surface area contributed by atoms with Crippen molar-refractivity contribution < 1.29 is 4.79 Å². The van der Waals surface area contributed by atoms with Crippen molar-refractivity contribution in [3.05, 3.63) is 24.0 Å². The zero-order chi connectivity index (χ0) is 11.1. The Bertz CT molecular complexity index is 298. The molecule has 0 aromatic carbocycles. The predicted octanol–water partition coefficient (Wildman–Crippen LogP) is 1.64. The van der Waals surface area contributed by atoms with Crippen molar-refractivity contribution in [3.8, 4) is 0 Å². The fourth-order valence-electron chi connectivity index (χ4n) is 1.23. The van der Waals surface area contributed by atoms with E-state index in [0.29, 0.717) is 18.2 Å². The highest BCUT2D eigenvalue weighted by Gasteiger charge is 2.05. The molecule has 0 aliphatic carbocycles. The van der Waals surface area contributed by atoms with Crippen LogP contribution in [-0.2, 0) is 0 Å². The Morgan fingerprint density at radius 2 is 2.33 bits per heavy atom. The van der Waals surface area contributed by atoms with Crippen molar-refractivity contribution in [2.45, 2.75) is 26.7 Å². The van der Waals surface area contributed by atoms with Crippen LogP contribution in [-0.4, -0.2) is 22.6 Å². The van der Waals surface area contributed by atoms with Gasteiger partial charge in [-0.3, -0.25) is 4.79 Å². The van der Waals surface area contributed by atoms with E-state index in [4.69, 9.17) is 0 Å². The molecular formula is C11H17N3O. The lowest BCUT2D eigenvalue weighted by Crippen LogP contribution is -2.25. The summed E-state index contributed by atoms with van der Waals surface area (Å²) in [6, 6.07) is 3.36. The molecule has 1 amide bonds. The molecule has 0 bridgehead atoms. The lowest BCUT2D eigenvalue weighted by atomic mass is 10.1. The first kappa shape index (κ1) is 11.6. The van der Waals surface area contributed by atoms with Crippen LogP contribution >= 0.6 is 0 Å². The van der Waals surface area contributed by atoms with Gasteiger partial charge in [-0.05, 0) is 30.9 Å². The summed E-state index contributed by atoms with van der Waals surface area (Å²) >= 11 is 0. The largest absolute Gasteiger partial charge is 0.351 e. The van der Waals surface area contributed by atoms with Crippen LogP contribution in [0.3, 0.4) is 0 Å². The zero-order valence-electron chi connectivity index (χ0n) is 9.23. The van der Waals surface area contributed by atoms with E-state index in [1.807, 2.05) is 0 Å². The van der Waals surface area contributed by atoms with Gasteiger partial charge in [-0.25, -0.2) is 0 Å². The number of nitrogens with zero attached hydrogens (tertiary/aromatic N) is 2. The molecule has 0 spiro atoms. The Balaban J connectivity index is 2.25. The average Bonchev–Trinajstić information content (AvgIpc) is 2.25. The highest BCUT2D eigenvalue weighted by atomic mass is 16.1. The molecule has 0 unspecified atom stereocenters. The summed E-state index contributed by atoms with van der Waals surface area (Å²) in [7, 11) is 0. The van der Waals surface area contributed by atoms with Crippen molar-refractivity contribution in [1.29, 1.82) is 0 Å². The number of aromatic nitrogens is 2. The van der Waals surface area contributed by atoms with Crippen LogP contribution in [0.2, 0.25) is 0 Å². The quantitative estimate of drug-likeness (QED) is 0.747. The minimum Gasteiger partial charge on any atom is -0.351 e. The number of hydrogen-bond acceptors (Lipinski definition) is 3. The molecule has 1 aromatic rings.